The first-order valence-electron chi connectivity index (χ1n) is 6.84. The molecule has 1 aromatic heterocycles. The quantitative estimate of drug-likeness (QED) is 0.908. The number of aromatic nitrogens is 1. The second kappa shape index (κ2) is 5.95. The van der Waals surface area contributed by atoms with Gasteiger partial charge in [-0.25, -0.2) is 0 Å². The van der Waals surface area contributed by atoms with Gasteiger partial charge in [-0.2, -0.15) is 0 Å². The Bertz CT molecular complexity index is 519. The Balaban J connectivity index is 1.76. The molecule has 2 heterocycles. The highest BCUT2D eigenvalue weighted by Gasteiger charge is 2.10. The molecule has 1 saturated heterocycles. The Kier molecular flexibility index (Phi) is 3.86. The third kappa shape index (κ3) is 3.19. The number of nitrogens with one attached hydrogen (secondary N) is 1. The zero-order chi connectivity index (χ0) is 12.9. The van der Waals surface area contributed by atoms with Gasteiger partial charge in [0.2, 0.25) is 0 Å². The largest absolute Gasteiger partial charge is 0.314 e. The maximum Gasteiger partial charge on any atom is 0.0346 e. The lowest BCUT2D eigenvalue weighted by Crippen LogP contribution is -2.42. The zero-order valence-electron chi connectivity index (χ0n) is 11.0. The Morgan fingerprint density at radius 3 is 2.58 bits per heavy atom. The summed E-state index contributed by atoms with van der Waals surface area (Å²) in [4.78, 5) is 6.86. The fourth-order valence-electron chi connectivity index (χ4n) is 2.49. The van der Waals surface area contributed by atoms with Gasteiger partial charge >= 0.3 is 0 Å². The summed E-state index contributed by atoms with van der Waals surface area (Å²) < 4.78 is 0. The zero-order valence-corrected chi connectivity index (χ0v) is 11.0. The Morgan fingerprint density at radius 2 is 1.79 bits per heavy atom. The highest BCUT2D eigenvalue weighted by molar-refractivity contribution is 5.62. The van der Waals surface area contributed by atoms with Crippen LogP contribution in [0, 0.1) is 0 Å². The summed E-state index contributed by atoms with van der Waals surface area (Å²) in [6, 6.07) is 12.7. The van der Waals surface area contributed by atoms with E-state index in [0.29, 0.717) is 0 Å². The van der Waals surface area contributed by atoms with E-state index in [1.54, 1.807) is 0 Å². The molecule has 1 aromatic carbocycles. The van der Waals surface area contributed by atoms with Crippen LogP contribution >= 0.6 is 0 Å². The van der Waals surface area contributed by atoms with Gasteiger partial charge in [-0.15, -0.1) is 0 Å². The van der Waals surface area contributed by atoms with Crippen LogP contribution in [-0.2, 0) is 6.54 Å². The number of pyridine rings is 1. The second-order valence-electron chi connectivity index (χ2n) is 4.97. The minimum Gasteiger partial charge on any atom is -0.314 e. The molecule has 0 radical (unpaired) electrons. The molecule has 2 aromatic rings. The van der Waals surface area contributed by atoms with Gasteiger partial charge in [-0.3, -0.25) is 9.88 Å². The lowest BCUT2D eigenvalue weighted by molar-refractivity contribution is 0.233. The molecular weight excluding hydrogens is 234 g/mol. The lowest BCUT2D eigenvalue weighted by Gasteiger charge is -2.27. The summed E-state index contributed by atoms with van der Waals surface area (Å²) in [6.07, 6.45) is 3.92. The van der Waals surface area contributed by atoms with Crippen LogP contribution in [0.3, 0.4) is 0 Å². The third-order valence-corrected chi connectivity index (χ3v) is 3.52. The van der Waals surface area contributed by atoms with Crippen molar-refractivity contribution >= 4 is 0 Å². The molecule has 1 aliphatic heterocycles. The molecule has 0 unspecified atom stereocenters. The van der Waals surface area contributed by atoms with Gasteiger partial charge in [0.25, 0.3) is 0 Å². The first kappa shape index (κ1) is 12.3. The van der Waals surface area contributed by atoms with E-state index in [4.69, 9.17) is 0 Å². The average Bonchev–Trinajstić information content (AvgIpc) is 2.49. The smallest absolute Gasteiger partial charge is 0.0346 e. The molecule has 98 valence electrons. The molecule has 0 saturated carbocycles. The molecule has 0 amide bonds. The van der Waals surface area contributed by atoms with Gasteiger partial charge in [0, 0.05) is 50.7 Å². The topological polar surface area (TPSA) is 28.2 Å². The first-order chi connectivity index (χ1) is 9.42. The fourth-order valence-corrected chi connectivity index (χ4v) is 2.49. The van der Waals surface area contributed by atoms with Crippen molar-refractivity contribution in [3.05, 3.63) is 54.4 Å². The maximum atomic E-state index is 4.38. The first-order valence-corrected chi connectivity index (χ1v) is 6.84. The molecule has 0 bridgehead atoms. The molecular formula is C16H19N3. The van der Waals surface area contributed by atoms with Crippen LogP contribution in [0.4, 0.5) is 0 Å². The SMILES string of the molecule is c1ccc(-c2cncc(CN3CCNCC3)c2)cc1. The van der Waals surface area contributed by atoms with Gasteiger partial charge in [0.15, 0.2) is 0 Å². The van der Waals surface area contributed by atoms with Crippen LogP contribution < -0.4 is 5.32 Å². The molecule has 3 heteroatoms. The summed E-state index contributed by atoms with van der Waals surface area (Å²) in [5, 5.41) is 3.38. The summed E-state index contributed by atoms with van der Waals surface area (Å²) in [7, 11) is 0. The molecule has 19 heavy (non-hydrogen) atoms. The van der Waals surface area contributed by atoms with Crippen molar-refractivity contribution in [1.82, 2.24) is 15.2 Å². The van der Waals surface area contributed by atoms with Crippen molar-refractivity contribution in [2.75, 3.05) is 26.2 Å². The Hall–Kier alpha value is -1.71. The number of nitrogens with zero attached hydrogens (tertiary/aromatic N) is 2. The van der Waals surface area contributed by atoms with E-state index in [9.17, 15) is 0 Å². The van der Waals surface area contributed by atoms with E-state index in [1.807, 2.05) is 18.5 Å². The number of benzene rings is 1. The molecule has 1 fully saturated rings. The summed E-state index contributed by atoms with van der Waals surface area (Å²) in [6.45, 7) is 5.41. The summed E-state index contributed by atoms with van der Waals surface area (Å²) in [5.41, 5.74) is 3.73. The monoisotopic (exact) mass is 253 g/mol. The van der Waals surface area contributed by atoms with Gasteiger partial charge in [0.05, 0.1) is 0 Å². The predicted octanol–water partition coefficient (Wildman–Crippen LogP) is 2.15. The molecule has 3 rings (SSSR count). The number of rotatable bonds is 3. The van der Waals surface area contributed by atoms with Crippen LogP contribution in [0.5, 0.6) is 0 Å². The average molecular weight is 253 g/mol. The Morgan fingerprint density at radius 1 is 1.00 bits per heavy atom. The highest BCUT2D eigenvalue weighted by atomic mass is 15.2. The van der Waals surface area contributed by atoms with Gasteiger partial charge in [-0.1, -0.05) is 30.3 Å². The minimum atomic E-state index is 0.995. The van der Waals surface area contributed by atoms with Crippen molar-refractivity contribution in [3.63, 3.8) is 0 Å². The van der Waals surface area contributed by atoms with E-state index >= 15 is 0 Å². The molecule has 3 nitrogen and oxygen atoms in total. The van der Waals surface area contributed by atoms with E-state index in [2.05, 4.69) is 45.5 Å². The van der Waals surface area contributed by atoms with E-state index in [-0.39, 0.29) is 0 Å². The molecule has 0 aliphatic carbocycles. The van der Waals surface area contributed by atoms with Crippen molar-refractivity contribution in [2.45, 2.75) is 6.54 Å². The second-order valence-corrected chi connectivity index (χ2v) is 4.97. The van der Waals surface area contributed by atoms with E-state index < -0.39 is 0 Å². The van der Waals surface area contributed by atoms with Gasteiger partial charge in [0.1, 0.15) is 0 Å². The number of hydrogen-bond acceptors (Lipinski definition) is 3. The van der Waals surface area contributed by atoms with Gasteiger partial charge in [-0.05, 0) is 17.2 Å². The normalized spacial score (nSPS) is 16.4. The highest BCUT2D eigenvalue weighted by Crippen LogP contribution is 2.19. The minimum absolute atomic E-state index is 0.995. The summed E-state index contributed by atoms with van der Waals surface area (Å²) >= 11 is 0. The standard InChI is InChI=1S/C16H19N3/c1-2-4-15(5-3-1)16-10-14(11-18-12-16)13-19-8-6-17-7-9-19/h1-5,10-12,17H,6-9,13H2. The van der Waals surface area contributed by atoms with E-state index in [1.165, 1.54) is 16.7 Å². The Labute approximate surface area is 114 Å². The third-order valence-electron chi connectivity index (χ3n) is 3.52. The van der Waals surface area contributed by atoms with Crippen molar-refractivity contribution in [1.29, 1.82) is 0 Å². The predicted molar refractivity (Wildman–Crippen MR) is 77.8 cm³/mol. The molecule has 0 atom stereocenters. The lowest BCUT2D eigenvalue weighted by atomic mass is 10.1. The molecule has 1 aliphatic rings. The number of piperazine rings is 1. The van der Waals surface area contributed by atoms with Crippen molar-refractivity contribution < 1.29 is 0 Å². The fraction of sp³-hybridized carbons (Fsp3) is 0.312. The van der Waals surface area contributed by atoms with Crippen LogP contribution in [0.25, 0.3) is 11.1 Å². The van der Waals surface area contributed by atoms with E-state index in [0.717, 1.165) is 32.7 Å². The van der Waals surface area contributed by atoms with Gasteiger partial charge < -0.3 is 5.32 Å². The van der Waals surface area contributed by atoms with Crippen molar-refractivity contribution in [3.8, 4) is 11.1 Å². The summed E-state index contributed by atoms with van der Waals surface area (Å²) in [5.74, 6) is 0. The van der Waals surface area contributed by atoms with Crippen LogP contribution in [0.2, 0.25) is 0 Å². The maximum absolute atomic E-state index is 4.38. The van der Waals surface area contributed by atoms with Crippen LogP contribution in [-0.4, -0.2) is 36.1 Å². The molecule has 0 spiro atoms. The van der Waals surface area contributed by atoms with Crippen molar-refractivity contribution in [2.24, 2.45) is 0 Å². The van der Waals surface area contributed by atoms with Crippen LogP contribution in [0.15, 0.2) is 48.8 Å². The van der Waals surface area contributed by atoms with Crippen LogP contribution in [0.1, 0.15) is 5.56 Å². The molecule has 1 N–H and O–H groups in total. The number of hydrogen-bond donors (Lipinski definition) is 1.